The molecule has 0 bridgehead atoms. The first-order valence-corrected chi connectivity index (χ1v) is 6.55. The highest BCUT2D eigenvalue weighted by Crippen LogP contribution is 2.26. The Kier molecular flexibility index (Phi) is 3.66. The normalized spacial score (nSPS) is 12.3. The average Bonchev–Trinajstić information content (AvgIpc) is 2.87. The monoisotopic (exact) mass is 264 g/mol. The summed E-state index contributed by atoms with van der Waals surface area (Å²) in [4.78, 5) is 12.1. The lowest BCUT2D eigenvalue weighted by Crippen LogP contribution is -2.18. The van der Waals surface area contributed by atoms with Crippen molar-refractivity contribution in [1.82, 2.24) is 9.78 Å². The molecule has 0 saturated carbocycles. The van der Waals surface area contributed by atoms with Gasteiger partial charge < -0.3 is 11.1 Å². The smallest absolute Gasteiger partial charge is 0.239 e. The first kappa shape index (κ1) is 12.6. The maximum Gasteiger partial charge on any atom is 0.239 e. The summed E-state index contributed by atoms with van der Waals surface area (Å²) in [6, 6.07) is 2.32. The van der Waals surface area contributed by atoms with Gasteiger partial charge in [0.05, 0.1) is 17.9 Å². The van der Waals surface area contributed by atoms with E-state index in [1.165, 1.54) is 15.1 Å². The van der Waals surface area contributed by atoms with Crippen molar-refractivity contribution in [3.8, 4) is 0 Å². The molecule has 5 nitrogen and oxygen atoms in total. The Morgan fingerprint density at radius 3 is 3.06 bits per heavy atom. The maximum atomic E-state index is 10.8. The third-order valence-electron chi connectivity index (χ3n) is 2.63. The molecule has 2 heterocycles. The second-order valence-corrected chi connectivity index (χ2v) is 5.17. The fourth-order valence-electron chi connectivity index (χ4n) is 1.83. The van der Waals surface area contributed by atoms with Gasteiger partial charge in [-0.25, -0.2) is 0 Å². The summed E-state index contributed by atoms with van der Waals surface area (Å²) >= 11 is 1.73. The molecule has 0 radical (unpaired) electrons. The van der Waals surface area contributed by atoms with E-state index in [-0.39, 0.29) is 12.6 Å². The molecular weight excluding hydrogens is 248 g/mol. The Hall–Kier alpha value is -1.82. The Bertz CT molecular complexity index is 546. The Morgan fingerprint density at radius 2 is 2.44 bits per heavy atom. The van der Waals surface area contributed by atoms with Crippen LogP contribution in [-0.2, 0) is 11.3 Å². The zero-order chi connectivity index (χ0) is 13.1. The van der Waals surface area contributed by atoms with Gasteiger partial charge in [0.2, 0.25) is 5.91 Å². The number of aromatic nitrogens is 2. The average molecular weight is 264 g/mol. The number of amides is 1. The van der Waals surface area contributed by atoms with Gasteiger partial charge in [0.25, 0.3) is 0 Å². The Morgan fingerprint density at radius 1 is 1.67 bits per heavy atom. The summed E-state index contributed by atoms with van der Waals surface area (Å²) in [5.74, 6) is -0.396. The van der Waals surface area contributed by atoms with Crippen molar-refractivity contribution in [3.05, 3.63) is 34.3 Å². The van der Waals surface area contributed by atoms with Gasteiger partial charge in [-0.1, -0.05) is 0 Å². The van der Waals surface area contributed by atoms with Crippen molar-refractivity contribution >= 4 is 22.9 Å². The van der Waals surface area contributed by atoms with Gasteiger partial charge in [0.15, 0.2) is 0 Å². The van der Waals surface area contributed by atoms with Crippen LogP contribution in [0.4, 0.5) is 5.69 Å². The summed E-state index contributed by atoms with van der Waals surface area (Å²) in [6.45, 7) is 4.30. The van der Waals surface area contributed by atoms with Crippen LogP contribution in [0.5, 0.6) is 0 Å². The van der Waals surface area contributed by atoms with E-state index in [1.54, 1.807) is 23.7 Å². The topological polar surface area (TPSA) is 72.9 Å². The predicted molar refractivity (Wildman–Crippen MR) is 72.5 cm³/mol. The van der Waals surface area contributed by atoms with Crippen molar-refractivity contribution in [2.45, 2.75) is 26.4 Å². The highest BCUT2D eigenvalue weighted by molar-refractivity contribution is 7.10. The molecule has 1 atom stereocenters. The molecule has 18 heavy (non-hydrogen) atoms. The van der Waals surface area contributed by atoms with Crippen molar-refractivity contribution in [3.63, 3.8) is 0 Å². The molecule has 0 aliphatic rings. The minimum atomic E-state index is -0.396. The van der Waals surface area contributed by atoms with Gasteiger partial charge in [0.1, 0.15) is 6.54 Å². The highest BCUT2D eigenvalue weighted by Gasteiger charge is 2.10. The first-order valence-electron chi connectivity index (χ1n) is 5.67. The molecule has 3 N–H and O–H groups in total. The van der Waals surface area contributed by atoms with Crippen molar-refractivity contribution in [1.29, 1.82) is 0 Å². The standard InChI is InChI=1S/C12H16N4OS/c1-8-3-4-18-12(8)9(2)15-10-5-14-16(6-10)7-11(13)17/h3-6,9,15H,7H2,1-2H3,(H2,13,17). The third kappa shape index (κ3) is 2.89. The zero-order valence-corrected chi connectivity index (χ0v) is 11.2. The fourth-order valence-corrected chi connectivity index (χ4v) is 2.76. The molecule has 2 aromatic heterocycles. The molecule has 1 unspecified atom stereocenters. The number of anilines is 1. The van der Waals surface area contributed by atoms with Gasteiger partial charge in [-0.2, -0.15) is 5.10 Å². The number of carbonyl (C=O) groups excluding carboxylic acids is 1. The number of aryl methyl sites for hydroxylation is 1. The van der Waals surface area contributed by atoms with Crippen LogP contribution in [0.2, 0.25) is 0 Å². The first-order chi connectivity index (χ1) is 8.56. The van der Waals surface area contributed by atoms with Gasteiger partial charge >= 0.3 is 0 Å². The number of carbonyl (C=O) groups is 1. The summed E-state index contributed by atoms with van der Waals surface area (Å²) < 4.78 is 1.53. The van der Waals surface area contributed by atoms with Gasteiger partial charge in [-0.05, 0) is 30.9 Å². The van der Waals surface area contributed by atoms with E-state index in [1.807, 2.05) is 0 Å². The second-order valence-electron chi connectivity index (χ2n) is 4.23. The van der Waals surface area contributed by atoms with Crippen LogP contribution in [0, 0.1) is 6.92 Å². The van der Waals surface area contributed by atoms with Crippen LogP contribution in [0.1, 0.15) is 23.4 Å². The van der Waals surface area contributed by atoms with Crippen molar-refractivity contribution < 1.29 is 4.79 Å². The number of nitrogens with one attached hydrogen (secondary N) is 1. The SMILES string of the molecule is Cc1ccsc1C(C)Nc1cnn(CC(N)=O)c1. The lowest BCUT2D eigenvalue weighted by molar-refractivity contribution is -0.118. The van der Waals surface area contributed by atoms with Gasteiger partial charge in [-0.3, -0.25) is 9.48 Å². The molecule has 2 rings (SSSR count). The molecule has 2 aromatic rings. The van der Waals surface area contributed by atoms with Crippen LogP contribution in [0.3, 0.4) is 0 Å². The Labute approximate surface area is 110 Å². The van der Waals surface area contributed by atoms with Gasteiger partial charge in [0, 0.05) is 11.1 Å². The molecule has 0 saturated heterocycles. The van der Waals surface area contributed by atoms with Crippen LogP contribution >= 0.6 is 11.3 Å². The fraction of sp³-hybridized carbons (Fsp3) is 0.333. The van der Waals surface area contributed by atoms with E-state index in [2.05, 4.69) is 35.7 Å². The van der Waals surface area contributed by atoms with E-state index in [0.717, 1.165) is 5.69 Å². The number of hydrogen-bond acceptors (Lipinski definition) is 4. The molecule has 0 fully saturated rings. The number of nitrogens with zero attached hydrogens (tertiary/aromatic N) is 2. The van der Waals surface area contributed by atoms with Crippen LogP contribution < -0.4 is 11.1 Å². The van der Waals surface area contributed by atoms with E-state index >= 15 is 0 Å². The number of rotatable bonds is 5. The lowest BCUT2D eigenvalue weighted by atomic mass is 10.2. The largest absolute Gasteiger partial charge is 0.375 e. The highest BCUT2D eigenvalue weighted by atomic mass is 32.1. The van der Waals surface area contributed by atoms with E-state index in [0.29, 0.717) is 0 Å². The van der Waals surface area contributed by atoms with E-state index in [9.17, 15) is 4.79 Å². The molecule has 0 aromatic carbocycles. The minimum Gasteiger partial charge on any atom is -0.375 e. The van der Waals surface area contributed by atoms with E-state index in [4.69, 9.17) is 5.73 Å². The quantitative estimate of drug-likeness (QED) is 0.866. The number of hydrogen-bond donors (Lipinski definition) is 2. The van der Waals surface area contributed by atoms with Crippen LogP contribution in [-0.4, -0.2) is 15.7 Å². The predicted octanol–water partition coefficient (Wildman–Crippen LogP) is 1.91. The van der Waals surface area contributed by atoms with Crippen molar-refractivity contribution in [2.75, 3.05) is 5.32 Å². The minimum absolute atomic E-state index is 0.105. The second kappa shape index (κ2) is 5.22. The molecule has 96 valence electrons. The Balaban J connectivity index is 2.03. The molecule has 1 amide bonds. The zero-order valence-electron chi connectivity index (χ0n) is 10.4. The van der Waals surface area contributed by atoms with Gasteiger partial charge in [-0.15, -0.1) is 11.3 Å². The number of thiophene rings is 1. The summed E-state index contributed by atoms with van der Waals surface area (Å²) in [5.41, 5.74) is 7.28. The summed E-state index contributed by atoms with van der Waals surface area (Å²) in [5, 5.41) is 9.51. The maximum absolute atomic E-state index is 10.8. The molecule has 0 aliphatic carbocycles. The third-order valence-corrected chi connectivity index (χ3v) is 3.83. The molecule has 0 spiro atoms. The summed E-state index contributed by atoms with van der Waals surface area (Å²) in [6.07, 6.45) is 3.48. The number of primary amides is 1. The van der Waals surface area contributed by atoms with Crippen LogP contribution in [0.15, 0.2) is 23.8 Å². The molecular formula is C12H16N4OS. The van der Waals surface area contributed by atoms with E-state index < -0.39 is 5.91 Å². The molecule has 6 heteroatoms. The lowest BCUT2D eigenvalue weighted by Gasteiger charge is -2.12. The van der Waals surface area contributed by atoms with Crippen LogP contribution in [0.25, 0.3) is 0 Å². The molecule has 0 aliphatic heterocycles. The van der Waals surface area contributed by atoms with Crippen molar-refractivity contribution in [2.24, 2.45) is 5.73 Å². The summed E-state index contributed by atoms with van der Waals surface area (Å²) in [7, 11) is 0. The number of nitrogens with two attached hydrogens (primary N) is 1.